The molecule has 2 aromatic rings. The molecule has 108 valence electrons. The van der Waals surface area contributed by atoms with Crippen LogP contribution in [0.5, 0.6) is 0 Å². The molecule has 1 heterocycles. The fraction of sp³-hybridized carbons (Fsp3) is 0.133. The lowest BCUT2D eigenvalue weighted by molar-refractivity contribution is 0.0961. The van der Waals surface area contributed by atoms with E-state index in [-0.39, 0.29) is 11.8 Å². The van der Waals surface area contributed by atoms with Crippen LogP contribution in [0.4, 0.5) is 5.69 Å². The van der Waals surface area contributed by atoms with Gasteiger partial charge in [-0.25, -0.2) is 4.98 Å². The summed E-state index contributed by atoms with van der Waals surface area (Å²) < 4.78 is 0.614. The van der Waals surface area contributed by atoms with Crippen molar-refractivity contribution in [1.82, 2.24) is 10.3 Å². The Morgan fingerprint density at radius 3 is 2.62 bits per heavy atom. The smallest absolute Gasteiger partial charge is 0.275 e. The summed E-state index contributed by atoms with van der Waals surface area (Å²) in [6.45, 7) is 1.86. The lowest BCUT2D eigenvalue weighted by Gasteiger charge is -2.10. The van der Waals surface area contributed by atoms with Gasteiger partial charge in [-0.2, -0.15) is 0 Å². The molecule has 6 heteroatoms. The summed E-state index contributed by atoms with van der Waals surface area (Å²) in [5.74, 6) is -0.538. The van der Waals surface area contributed by atoms with E-state index in [1.54, 1.807) is 43.6 Å². The Kier molecular flexibility index (Phi) is 4.70. The number of aryl methyl sites for hydroxylation is 1. The molecule has 0 unspecified atom stereocenters. The van der Waals surface area contributed by atoms with Crippen LogP contribution in [0.15, 0.2) is 41.0 Å². The van der Waals surface area contributed by atoms with Crippen LogP contribution in [-0.2, 0) is 0 Å². The van der Waals surface area contributed by atoms with E-state index in [2.05, 4.69) is 31.5 Å². The zero-order chi connectivity index (χ0) is 15.4. The zero-order valence-electron chi connectivity index (χ0n) is 11.6. The standard InChI is InChI=1S/C15H14BrN3O2/c1-9-5-6-10(14(20)17-2)8-12(9)19-15(21)13-11(16)4-3-7-18-13/h3-8H,1-2H3,(H,17,20)(H,19,21). The molecule has 0 radical (unpaired) electrons. The first kappa shape index (κ1) is 15.2. The maximum atomic E-state index is 12.2. The van der Waals surface area contributed by atoms with E-state index in [0.717, 1.165) is 5.56 Å². The van der Waals surface area contributed by atoms with E-state index in [1.807, 2.05) is 6.92 Å². The number of carbonyl (C=O) groups is 2. The van der Waals surface area contributed by atoms with Crippen molar-refractivity contribution < 1.29 is 9.59 Å². The quantitative estimate of drug-likeness (QED) is 0.896. The van der Waals surface area contributed by atoms with Crippen LogP contribution in [0.25, 0.3) is 0 Å². The SMILES string of the molecule is CNC(=O)c1ccc(C)c(NC(=O)c2ncccc2Br)c1. The summed E-state index contributed by atoms with van der Waals surface area (Å²) in [5.41, 5.74) is 2.22. The van der Waals surface area contributed by atoms with Gasteiger partial charge in [0, 0.05) is 29.0 Å². The number of anilines is 1. The number of nitrogens with one attached hydrogen (secondary N) is 2. The monoisotopic (exact) mass is 347 g/mol. The molecule has 0 saturated carbocycles. The Bertz CT molecular complexity index is 701. The second kappa shape index (κ2) is 6.49. The molecule has 0 spiro atoms. The van der Waals surface area contributed by atoms with E-state index in [1.165, 1.54) is 0 Å². The summed E-state index contributed by atoms with van der Waals surface area (Å²) in [6, 6.07) is 8.62. The summed E-state index contributed by atoms with van der Waals surface area (Å²) in [5, 5.41) is 5.33. The van der Waals surface area contributed by atoms with Crippen molar-refractivity contribution >= 4 is 33.4 Å². The largest absolute Gasteiger partial charge is 0.355 e. The van der Waals surface area contributed by atoms with Crippen molar-refractivity contribution in [1.29, 1.82) is 0 Å². The highest BCUT2D eigenvalue weighted by atomic mass is 79.9. The predicted molar refractivity (Wildman–Crippen MR) is 84.5 cm³/mol. The normalized spacial score (nSPS) is 10.0. The molecule has 1 aromatic heterocycles. The third kappa shape index (κ3) is 3.46. The number of pyridine rings is 1. The number of hydrogen-bond donors (Lipinski definition) is 2. The molecule has 5 nitrogen and oxygen atoms in total. The minimum atomic E-state index is -0.334. The zero-order valence-corrected chi connectivity index (χ0v) is 13.2. The molecule has 0 saturated heterocycles. The van der Waals surface area contributed by atoms with Crippen molar-refractivity contribution in [2.75, 3.05) is 12.4 Å². The lowest BCUT2D eigenvalue weighted by Crippen LogP contribution is -2.19. The molecular formula is C15H14BrN3O2. The molecule has 0 atom stereocenters. The van der Waals surface area contributed by atoms with Crippen LogP contribution < -0.4 is 10.6 Å². The number of halogens is 1. The molecule has 2 N–H and O–H groups in total. The van der Waals surface area contributed by atoms with Crippen LogP contribution in [-0.4, -0.2) is 23.8 Å². The van der Waals surface area contributed by atoms with Crippen LogP contribution in [0.3, 0.4) is 0 Å². The maximum absolute atomic E-state index is 12.2. The Morgan fingerprint density at radius 1 is 1.19 bits per heavy atom. The van der Waals surface area contributed by atoms with E-state index in [0.29, 0.717) is 21.4 Å². The van der Waals surface area contributed by atoms with Gasteiger partial charge >= 0.3 is 0 Å². The van der Waals surface area contributed by atoms with E-state index in [9.17, 15) is 9.59 Å². The van der Waals surface area contributed by atoms with Gasteiger partial charge in [0.05, 0.1) is 0 Å². The van der Waals surface area contributed by atoms with Gasteiger partial charge in [-0.3, -0.25) is 9.59 Å². The van der Waals surface area contributed by atoms with Gasteiger partial charge in [-0.1, -0.05) is 6.07 Å². The Morgan fingerprint density at radius 2 is 1.95 bits per heavy atom. The Hall–Kier alpha value is -2.21. The fourth-order valence-corrected chi connectivity index (χ4v) is 2.21. The molecule has 0 aliphatic heterocycles. The average Bonchev–Trinajstić information content (AvgIpc) is 2.49. The topological polar surface area (TPSA) is 71.1 Å². The molecule has 1 aromatic carbocycles. The van der Waals surface area contributed by atoms with E-state index >= 15 is 0 Å². The van der Waals surface area contributed by atoms with Gasteiger partial charge in [0.25, 0.3) is 11.8 Å². The van der Waals surface area contributed by atoms with Gasteiger partial charge in [-0.15, -0.1) is 0 Å². The van der Waals surface area contributed by atoms with Crippen LogP contribution >= 0.6 is 15.9 Å². The van der Waals surface area contributed by atoms with Gasteiger partial charge in [0.2, 0.25) is 0 Å². The number of aromatic nitrogens is 1. The fourth-order valence-electron chi connectivity index (χ4n) is 1.78. The summed E-state index contributed by atoms with van der Waals surface area (Å²) in [7, 11) is 1.56. The first-order valence-electron chi connectivity index (χ1n) is 6.27. The van der Waals surface area contributed by atoms with Crippen molar-refractivity contribution in [2.24, 2.45) is 0 Å². The van der Waals surface area contributed by atoms with Crippen LogP contribution in [0, 0.1) is 6.92 Å². The highest BCUT2D eigenvalue weighted by Crippen LogP contribution is 2.20. The molecule has 2 amide bonds. The van der Waals surface area contributed by atoms with Crippen molar-refractivity contribution in [3.8, 4) is 0 Å². The van der Waals surface area contributed by atoms with E-state index < -0.39 is 0 Å². The second-order valence-electron chi connectivity index (χ2n) is 4.40. The number of amides is 2. The van der Waals surface area contributed by atoms with Crippen molar-refractivity contribution in [3.05, 3.63) is 57.8 Å². The maximum Gasteiger partial charge on any atom is 0.275 e. The van der Waals surface area contributed by atoms with Gasteiger partial charge < -0.3 is 10.6 Å². The van der Waals surface area contributed by atoms with Crippen molar-refractivity contribution in [2.45, 2.75) is 6.92 Å². The molecule has 0 aliphatic rings. The summed E-state index contributed by atoms with van der Waals surface area (Å²) in [4.78, 5) is 27.9. The van der Waals surface area contributed by atoms with Gasteiger partial charge in [-0.05, 0) is 52.7 Å². The summed E-state index contributed by atoms with van der Waals surface area (Å²) in [6.07, 6.45) is 1.55. The minimum Gasteiger partial charge on any atom is -0.355 e. The average molecular weight is 348 g/mol. The molecule has 21 heavy (non-hydrogen) atoms. The number of benzene rings is 1. The van der Waals surface area contributed by atoms with Crippen molar-refractivity contribution in [3.63, 3.8) is 0 Å². The molecule has 2 rings (SSSR count). The van der Waals surface area contributed by atoms with E-state index in [4.69, 9.17) is 0 Å². The number of carbonyl (C=O) groups excluding carboxylic acids is 2. The van der Waals surface area contributed by atoms with Crippen LogP contribution in [0.2, 0.25) is 0 Å². The number of nitrogens with zero attached hydrogens (tertiary/aromatic N) is 1. The second-order valence-corrected chi connectivity index (χ2v) is 5.25. The van der Waals surface area contributed by atoms with Gasteiger partial charge in [0.1, 0.15) is 5.69 Å². The number of hydrogen-bond acceptors (Lipinski definition) is 3. The number of rotatable bonds is 3. The highest BCUT2D eigenvalue weighted by Gasteiger charge is 2.13. The molecule has 0 fully saturated rings. The Labute approximate surface area is 130 Å². The van der Waals surface area contributed by atoms with Crippen LogP contribution in [0.1, 0.15) is 26.4 Å². The molecule has 0 aliphatic carbocycles. The third-order valence-electron chi connectivity index (χ3n) is 2.95. The molecular weight excluding hydrogens is 334 g/mol. The molecule has 0 bridgehead atoms. The summed E-state index contributed by atoms with van der Waals surface area (Å²) >= 11 is 3.29. The predicted octanol–water partition coefficient (Wildman–Crippen LogP) is 2.76. The highest BCUT2D eigenvalue weighted by molar-refractivity contribution is 9.10. The first-order chi connectivity index (χ1) is 10.0. The third-order valence-corrected chi connectivity index (χ3v) is 3.59. The van der Waals surface area contributed by atoms with Gasteiger partial charge in [0.15, 0.2) is 0 Å². The lowest BCUT2D eigenvalue weighted by atomic mass is 10.1. The first-order valence-corrected chi connectivity index (χ1v) is 7.07. The minimum absolute atomic E-state index is 0.204. The Balaban J connectivity index is 2.29.